The summed E-state index contributed by atoms with van der Waals surface area (Å²) in [6, 6.07) is 6.22. The summed E-state index contributed by atoms with van der Waals surface area (Å²) in [6.07, 6.45) is 2.19. The summed E-state index contributed by atoms with van der Waals surface area (Å²) in [5, 5.41) is 0. The molecule has 1 aliphatic carbocycles. The van der Waals surface area contributed by atoms with E-state index in [0.717, 1.165) is 4.47 Å². The molecule has 3 nitrogen and oxygen atoms in total. The zero-order valence-corrected chi connectivity index (χ0v) is 15.0. The first-order chi connectivity index (χ1) is 8.59. The molecule has 0 amide bonds. The van der Waals surface area contributed by atoms with Gasteiger partial charge in [0, 0.05) is 0 Å². The normalized spacial score (nSPS) is 18.7. The Balaban J connectivity index is 2.55. The number of fused-ring (bicyclic) bond motifs is 1. The summed E-state index contributed by atoms with van der Waals surface area (Å²) < 4.78 is 18.3. The van der Waals surface area contributed by atoms with Crippen LogP contribution >= 0.6 is 15.9 Å². The van der Waals surface area contributed by atoms with Crippen LogP contribution in [0.4, 0.5) is 0 Å². The molecule has 1 unspecified atom stereocenters. The molecule has 18 heavy (non-hydrogen) atoms. The van der Waals surface area contributed by atoms with Crippen molar-refractivity contribution >= 4 is 22.0 Å². The second-order valence-corrected chi connectivity index (χ2v) is 12.5. The molecule has 0 saturated heterocycles. The summed E-state index contributed by atoms with van der Waals surface area (Å²) in [5.74, 6) is 0. The zero-order valence-electron chi connectivity index (χ0n) is 11.0. The van der Waals surface area contributed by atoms with E-state index in [4.69, 9.17) is 8.44 Å². The van der Waals surface area contributed by atoms with Crippen molar-refractivity contribution in [2.45, 2.75) is 10.5 Å². The SMILES string of the molecule is C[O][Zr]([O]C)([O]C)[CH]1C(C)=Cc2c(Br)cccc21. The molecular weight excluding hydrogens is 375 g/mol. The van der Waals surface area contributed by atoms with E-state index in [1.54, 1.807) is 21.3 Å². The molecule has 0 spiro atoms. The molecule has 1 atom stereocenters. The molecule has 0 radical (unpaired) electrons. The predicted molar refractivity (Wildman–Crippen MR) is 71.6 cm³/mol. The van der Waals surface area contributed by atoms with Crippen molar-refractivity contribution in [1.82, 2.24) is 0 Å². The second kappa shape index (κ2) is 5.68. The third kappa shape index (κ3) is 2.21. The van der Waals surface area contributed by atoms with E-state index >= 15 is 0 Å². The van der Waals surface area contributed by atoms with Gasteiger partial charge in [-0.1, -0.05) is 0 Å². The van der Waals surface area contributed by atoms with Crippen LogP contribution < -0.4 is 0 Å². The zero-order chi connectivity index (χ0) is 13.3. The molecule has 1 aliphatic rings. The summed E-state index contributed by atoms with van der Waals surface area (Å²) in [4.78, 5) is 0. The predicted octanol–water partition coefficient (Wildman–Crippen LogP) is 3.75. The molecule has 0 fully saturated rings. The van der Waals surface area contributed by atoms with E-state index in [1.807, 2.05) is 6.07 Å². The van der Waals surface area contributed by atoms with E-state index in [-0.39, 0.29) is 3.63 Å². The summed E-state index contributed by atoms with van der Waals surface area (Å²) in [5.41, 5.74) is 3.70. The molecule has 2 rings (SSSR count). The Morgan fingerprint density at radius 2 is 1.72 bits per heavy atom. The average Bonchev–Trinajstić information content (AvgIpc) is 2.72. The van der Waals surface area contributed by atoms with Crippen LogP contribution in [0.2, 0.25) is 0 Å². The van der Waals surface area contributed by atoms with Crippen LogP contribution in [0.5, 0.6) is 0 Å². The Labute approximate surface area is 123 Å². The van der Waals surface area contributed by atoms with E-state index in [1.165, 1.54) is 16.7 Å². The van der Waals surface area contributed by atoms with Crippen LogP contribution in [0, 0.1) is 0 Å². The van der Waals surface area contributed by atoms with Gasteiger partial charge in [-0.2, -0.15) is 0 Å². The quantitative estimate of drug-likeness (QED) is 0.781. The topological polar surface area (TPSA) is 27.7 Å². The van der Waals surface area contributed by atoms with Crippen molar-refractivity contribution in [2.75, 3.05) is 21.3 Å². The number of rotatable bonds is 4. The number of benzene rings is 1. The van der Waals surface area contributed by atoms with Crippen molar-refractivity contribution in [1.29, 1.82) is 0 Å². The van der Waals surface area contributed by atoms with Crippen LogP contribution in [0.1, 0.15) is 21.7 Å². The molecule has 0 N–H and O–H groups in total. The van der Waals surface area contributed by atoms with Gasteiger partial charge in [-0.3, -0.25) is 0 Å². The Kier molecular flexibility index (Phi) is 4.61. The van der Waals surface area contributed by atoms with E-state index in [9.17, 15) is 0 Å². The van der Waals surface area contributed by atoms with Crippen LogP contribution in [0.15, 0.2) is 28.2 Å². The number of halogens is 1. The average molecular weight is 392 g/mol. The summed E-state index contributed by atoms with van der Waals surface area (Å²) >= 11 is 0.0438. The van der Waals surface area contributed by atoms with Crippen molar-refractivity contribution in [3.63, 3.8) is 0 Å². The van der Waals surface area contributed by atoms with Gasteiger partial charge in [0.25, 0.3) is 0 Å². The van der Waals surface area contributed by atoms with Gasteiger partial charge in [-0.15, -0.1) is 0 Å². The van der Waals surface area contributed by atoms with Gasteiger partial charge in [0.05, 0.1) is 0 Å². The first-order valence-electron chi connectivity index (χ1n) is 5.71. The van der Waals surface area contributed by atoms with E-state index < -0.39 is 21.6 Å². The van der Waals surface area contributed by atoms with Gasteiger partial charge in [0.15, 0.2) is 0 Å². The third-order valence-electron chi connectivity index (χ3n) is 3.43. The van der Waals surface area contributed by atoms with Gasteiger partial charge in [-0.05, 0) is 0 Å². The number of hydrogen-bond donors (Lipinski definition) is 0. The van der Waals surface area contributed by atoms with Gasteiger partial charge in [0.1, 0.15) is 0 Å². The molecule has 0 saturated carbocycles. The van der Waals surface area contributed by atoms with Crippen LogP contribution in [-0.4, -0.2) is 21.3 Å². The van der Waals surface area contributed by atoms with Gasteiger partial charge < -0.3 is 0 Å². The molecule has 0 aromatic heterocycles. The van der Waals surface area contributed by atoms with Gasteiger partial charge in [0.2, 0.25) is 0 Å². The Morgan fingerprint density at radius 3 is 2.28 bits per heavy atom. The van der Waals surface area contributed by atoms with Crippen molar-refractivity contribution in [3.05, 3.63) is 39.4 Å². The fourth-order valence-electron chi connectivity index (χ4n) is 2.59. The first kappa shape index (κ1) is 14.6. The van der Waals surface area contributed by atoms with Crippen LogP contribution in [0.3, 0.4) is 0 Å². The monoisotopic (exact) mass is 390 g/mol. The Bertz CT molecular complexity index is 475. The van der Waals surface area contributed by atoms with Gasteiger partial charge in [-0.25, -0.2) is 0 Å². The molecule has 5 heteroatoms. The maximum atomic E-state index is 5.70. The fraction of sp³-hybridized carbons (Fsp3) is 0.385. The van der Waals surface area contributed by atoms with Crippen molar-refractivity contribution in [3.8, 4) is 0 Å². The Hall–Kier alpha value is 0.203. The summed E-state index contributed by atoms with van der Waals surface area (Å²) in [7, 11) is 5.06. The van der Waals surface area contributed by atoms with Gasteiger partial charge >= 0.3 is 123 Å². The van der Waals surface area contributed by atoms with E-state index in [0.29, 0.717) is 0 Å². The minimum absolute atomic E-state index is 0.145. The molecule has 98 valence electrons. The molecule has 0 bridgehead atoms. The number of allylic oxidation sites excluding steroid dienone is 1. The molecule has 1 aromatic carbocycles. The van der Waals surface area contributed by atoms with E-state index in [2.05, 4.69) is 41.1 Å². The standard InChI is InChI=1S/C10H8Br.3CH3O.Zr/c1-7-5-8-3-2-4-10(11)9(8)6-7;3*1-2;/h2-6H,1H3;3*1H3;/q;3*-1;+3. The maximum absolute atomic E-state index is 5.70. The van der Waals surface area contributed by atoms with Crippen molar-refractivity contribution < 1.29 is 30.0 Å². The first-order valence-corrected chi connectivity index (χ1v) is 10.9. The molecule has 0 heterocycles. The van der Waals surface area contributed by atoms with Crippen LogP contribution in [-0.2, 0) is 30.0 Å². The number of hydrogen-bond acceptors (Lipinski definition) is 3. The molecular formula is C13H17BrO3Zr. The molecule has 0 aliphatic heterocycles. The van der Waals surface area contributed by atoms with Crippen molar-refractivity contribution in [2.24, 2.45) is 0 Å². The molecule has 1 aromatic rings. The summed E-state index contributed by atoms with van der Waals surface area (Å²) in [6.45, 7) is 2.11. The fourth-order valence-corrected chi connectivity index (χ4v) is 9.18. The minimum atomic E-state index is -3.55. The van der Waals surface area contributed by atoms with Crippen LogP contribution in [0.25, 0.3) is 6.08 Å². The third-order valence-corrected chi connectivity index (χ3v) is 11.9. The second-order valence-electron chi connectivity index (χ2n) is 4.28. The Morgan fingerprint density at radius 1 is 1.11 bits per heavy atom.